The highest BCUT2D eigenvalue weighted by molar-refractivity contribution is 7.99. The normalized spacial score (nSPS) is 23.4. The quantitative estimate of drug-likeness (QED) is 0.644. The smallest absolute Gasteiger partial charge is 0.417 e. The van der Waals surface area contributed by atoms with Crippen LogP contribution in [0.25, 0.3) is 0 Å². The summed E-state index contributed by atoms with van der Waals surface area (Å²) in [6.45, 7) is 10.0. The van der Waals surface area contributed by atoms with Crippen LogP contribution in [0.1, 0.15) is 40.2 Å². The fourth-order valence-corrected chi connectivity index (χ4v) is 5.03. The van der Waals surface area contributed by atoms with Crippen molar-refractivity contribution in [1.29, 1.82) is 0 Å². The standard InChI is InChI=1S/C22H29F3N2O3S/c1-20(2,3)30-19(29)27-10-13-14(11-27)17(13)18(28)26-21(4,5)12-31-16-9-7-6-8-15(16)22(23,24)25/h6-9,13-14,17H,10-12H2,1-5H3,(H,26,28)/t13-,14+,17+. The van der Waals surface area contributed by atoms with Crippen LogP contribution in [0.4, 0.5) is 18.0 Å². The predicted molar refractivity (Wildman–Crippen MR) is 113 cm³/mol. The average molecular weight is 459 g/mol. The van der Waals surface area contributed by atoms with Gasteiger partial charge in [-0.2, -0.15) is 13.2 Å². The Morgan fingerprint density at radius 3 is 2.23 bits per heavy atom. The number of thioether (sulfide) groups is 1. The van der Waals surface area contributed by atoms with Gasteiger partial charge in [0.2, 0.25) is 5.91 Å². The van der Waals surface area contributed by atoms with Crippen molar-refractivity contribution in [2.24, 2.45) is 17.8 Å². The molecule has 0 unspecified atom stereocenters. The van der Waals surface area contributed by atoms with E-state index < -0.39 is 22.9 Å². The molecular weight excluding hydrogens is 429 g/mol. The van der Waals surface area contributed by atoms with Crippen molar-refractivity contribution < 1.29 is 27.5 Å². The largest absolute Gasteiger partial charge is 0.444 e. The minimum Gasteiger partial charge on any atom is -0.444 e. The SMILES string of the molecule is CC(C)(CSc1ccccc1C(F)(F)F)NC(=O)[C@H]1[C@@H]2CN(C(=O)OC(C)(C)C)C[C@@H]21. The van der Waals surface area contributed by atoms with E-state index in [4.69, 9.17) is 4.74 Å². The fraction of sp³-hybridized carbons (Fsp3) is 0.636. The Bertz CT molecular complexity index is 839. The van der Waals surface area contributed by atoms with Gasteiger partial charge in [0.15, 0.2) is 0 Å². The Morgan fingerprint density at radius 1 is 1.10 bits per heavy atom. The van der Waals surface area contributed by atoms with Gasteiger partial charge in [-0.25, -0.2) is 4.79 Å². The lowest BCUT2D eigenvalue weighted by molar-refractivity contribution is -0.139. The van der Waals surface area contributed by atoms with Crippen molar-refractivity contribution in [2.45, 2.75) is 56.8 Å². The third kappa shape index (κ3) is 5.87. The Labute approximate surface area is 185 Å². The molecule has 1 heterocycles. The van der Waals surface area contributed by atoms with E-state index in [1.807, 2.05) is 20.8 Å². The molecule has 1 aromatic carbocycles. The van der Waals surface area contributed by atoms with Crippen LogP contribution >= 0.6 is 11.8 Å². The number of carbonyl (C=O) groups excluding carboxylic acids is 2. The third-order valence-corrected chi connectivity index (χ3v) is 6.92. The second-order valence-electron chi connectivity index (χ2n) is 9.89. The lowest BCUT2D eigenvalue weighted by Gasteiger charge is -2.28. The predicted octanol–water partition coefficient (Wildman–Crippen LogP) is 4.81. The molecule has 2 fully saturated rings. The van der Waals surface area contributed by atoms with E-state index in [-0.39, 0.29) is 34.6 Å². The highest BCUT2D eigenvalue weighted by Crippen LogP contribution is 2.52. The van der Waals surface area contributed by atoms with Crippen molar-refractivity contribution in [3.8, 4) is 0 Å². The molecule has 1 N–H and O–H groups in total. The summed E-state index contributed by atoms with van der Waals surface area (Å²) in [5.74, 6) is 0.264. The summed E-state index contributed by atoms with van der Waals surface area (Å²) >= 11 is 1.08. The van der Waals surface area contributed by atoms with Crippen LogP contribution in [-0.4, -0.2) is 46.9 Å². The number of hydrogen-bond acceptors (Lipinski definition) is 4. The topological polar surface area (TPSA) is 58.6 Å². The summed E-state index contributed by atoms with van der Waals surface area (Å²) in [5, 5.41) is 2.98. The highest BCUT2D eigenvalue weighted by atomic mass is 32.2. The van der Waals surface area contributed by atoms with Crippen molar-refractivity contribution in [1.82, 2.24) is 10.2 Å². The molecular formula is C22H29F3N2O3S. The Kier molecular flexibility index (Phi) is 6.30. The number of fused-ring (bicyclic) bond motifs is 1. The number of halogens is 3. The molecule has 0 radical (unpaired) electrons. The van der Waals surface area contributed by atoms with Gasteiger partial charge in [-0.1, -0.05) is 12.1 Å². The van der Waals surface area contributed by atoms with Gasteiger partial charge in [0.25, 0.3) is 0 Å². The van der Waals surface area contributed by atoms with Crippen LogP contribution in [0.3, 0.4) is 0 Å². The summed E-state index contributed by atoms with van der Waals surface area (Å²) in [4.78, 5) is 26.7. The van der Waals surface area contributed by atoms with Gasteiger partial charge in [0.1, 0.15) is 5.60 Å². The number of likely N-dealkylation sites (tertiary alicyclic amines) is 1. The van der Waals surface area contributed by atoms with Crippen LogP contribution in [0.2, 0.25) is 0 Å². The molecule has 0 spiro atoms. The summed E-state index contributed by atoms with van der Waals surface area (Å²) in [5.41, 5.74) is -1.91. The van der Waals surface area contributed by atoms with Crippen LogP contribution in [0.15, 0.2) is 29.2 Å². The minimum atomic E-state index is -4.41. The summed E-state index contributed by atoms with van der Waals surface area (Å²) < 4.78 is 44.9. The number of nitrogens with zero attached hydrogens (tertiary/aromatic N) is 1. The zero-order chi connectivity index (χ0) is 23.2. The summed E-state index contributed by atoms with van der Waals surface area (Å²) in [7, 11) is 0. The van der Waals surface area contributed by atoms with E-state index in [1.54, 1.807) is 24.8 Å². The van der Waals surface area contributed by atoms with Crippen LogP contribution in [-0.2, 0) is 15.7 Å². The number of hydrogen-bond donors (Lipinski definition) is 1. The molecule has 1 aliphatic heterocycles. The van der Waals surface area contributed by atoms with E-state index >= 15 is 0 Å². The number of ether oxygens (including phenoxy) is 1. The average Bonchev–Trinajstić information content (AvgIpc) is 3.12. The first kappa shape index (κ1) is 23.8. The van der Waals surface area contributed by atoms with Gasteiger partial charge in [-0.15, -0.1) is 11.8 Å². The van der Waals surface area contributed by atoms with Crippen molar-refractivity contribution in [3.05, 3.63) is 29.8 Å². The third-order valence-electron chi connectivity index (χ3n) is 5.39. The van der Waals surface area contributed by atoms with E-state index in [2.05, 4.69) is 5.32 Å². The molecule has 5 nitrogen and oxygen atoms in total. The molecule has 1 saturated carbocycles. The molecule has 31 heavy (non-hydrogen) atoms. The molecule has 0 aromatic heterocycles. The number of amides is 2. The molecule has 0 bridgehead atoms. The summed E-state index contributed by atoms with van der Waals surface area (Å²) in [6, 6.07) is 5.45. The maximum absolute atomic E-state index is 13.2. The Hall–Kier alpha value is -1.90. The molecule has 172 valence electrons. The fourth-order valence-electron chi connectivity index (χ4n) is 3.93. The number of nitrogens with one attached hydrogen (secondary N) is 1. The Morgan fingerprint density at radius 2 is 1.68 bits per heavy atom. The first-order valence-electron chi connectivity index (χ1n) is 10.3. The Balaban J connectivity index is 1.51. The van der Waals surface area contributed by atoms with Gasteiger partial charge < -0.3 is 15.0 Å². The van der Waals surface area contributed by atoms with Crippen LogP contribution in [0.5, 0.6) is 0 Å². The van der Waals surface area contributed by atoms with E-state index in [0.29, 0.717) is 18.8 Å². The van der Waals surface area contributed by atoms with Gasteiger partial charge >= 0.3 is 12.3 Å². The van der Waals surface area contributed by atoms with Gasteiger partial charge in [0, 0.05) is 35.2 Å². The van der Waals surface area contributed by atoms with Crippen molar-refractivity contribution in [3.63, 3.8) is 0 Å². The molecule has 3 atom stereocenters. The monoisotopic (exact) mass is 458 g/mol. The van der Waals surface area contributed by atoms with Crippen molar-refractivity contribution in [2.75, 3.05) is 18.8 Å². The highest BCUT2D eigenvalue weighted by Gasteiger charge is 2.61. The zero-order valence-electron chi connectivity index (χ0n) is 18.4. The lowest BCUT2D eigenvalue weighted by Crippen LogP contribution is -2.47. The van der Waals surface area contributed by atoms with Crippen molar-refractivity contribution >= 4 is 23.8 Å². The van der Waals surface area contributed by atoms with Gasteiger partial charge in [-0.3, -0.25) is 4.79 Å². The zero-order valence-corrected chi connectivity index (χ0v) is 19.2. The molecule has 1 saturated heterocycles. The van der Waals surface area contributed by atoms with E-state index in [0.717, 1.165) is 17.8 Å². The number of benzene rings is 1. The van der Waals surface area contributed by atoms with E-state index in [1.165, 1.54) is 12.1 Å². The minimum absolute atomic E-state index is 0.103. The second-order valence-corrected chi connectivity index (χ2v) is 10.9. The number of alkyl halides is 3. The van der Waals surface area contributed by atoms with Crippen LogP contribution in [0, 0.1) is 17.8 Å². The lowest BCUT2D eigenvalue weighted by atomic mass is 10.1. The maximum atomic E-state index is 13.2. The first-order chi connectivity index (χ1) is 14.2. The molecule has 1 aromatic rings. The number of piperidine rings is 1. The molecule has 2 amide bonds. The second kappa shape index (κ2) is 8.22. The van der Waals surface area contributed by atoms with Gasteiger partial charge in [0.05, 0.1) is 5.56 Å². The number of rotatable bonds is 5. The maximum Gasteiger partial charge on any atom is 0.417 e. The molecule has 2 aliphatic rings. The first-order valence-corrected chi connectivity index (χ1v) is 11.3. The molecule has 1 aliphatic carbocycles. The summed E-state index contributed by atoms with van der Waals surface area (Å²) in [6.07, 6.45) is -4.78. The number of carbonyl (C=O) groups is 2. The van der Waals surface area contributed by atoms with Gasteiger partial charge in [-0.05, 0) is 58.6 Å². The van der Waals surface area contributed by atoms with Crippen LogP contribution < -0.4 is 5.32 Å². The molecule has 3 rings (SSSR count). The van der Waals surface area contributed by atoms with E-state index in [9.17, 15) is 22.8 Å². The molecule has 9 heteroatoms.